The SMILES string of the molecule is Cc1nc(Nc2ccccc2F)cc(C(=O)NCCC(C)C)n1. The van der Waals surface area contributed by atoms with Crippen molar-refractivity contribution in [2.24, 2.45) is 5.92 Å². The molecule has 1 aromatic carbocycles. The van der Waals surface area contributed by atoms with Gasteiger partial charge in [0.1, 0.15) is 23.2 Å². The summed E-state index contributed by atoms with van der Waals surface area (Å²) in [5, 5.41) is 5.71. The normalized spacial score (nSPS) is 10.7. The summed E-state index contributed by atoms with van der Waals surface area (Å²) < 4.78 is 13.7. The fraction of sp³-hybridized carbons (Fsp3) is 0.353. The Morgan fingerprint density at radius 2 is 2.00 bits per heavy atom. The lowest BCUT2D eigenvalue weighted by molar-refractivity contribution is 0.0946. The van der Waals surface area contributed by atoms with Gasteiger partial charge in [-0.3, -0.25) is 4.79 Å². The van der Waals surface area contributed by atoms with Crippen LogP contribution in [0.5, 0.6) is 0 Å². The second-order valence-electron chi connectivity index (χ2n) is 5.73. The van der Waals surface area contributed by atoms with E-state index in [0.29, 0.717) is 29.8 Å². The Balaban J connectivity index is 2.12. The van der Waals surface area contributed by atoms with Gasteiger partial charge in [0.05, 0.1) is 5.69 Å². The minimum atomic E-state index is -0.383. The Kier molecular flexibility index (Phi) is 5.62. The molecule has 1 heterocycles. The molecule has 2 aromatic rings. The zero-order chi connectivity index (χ0) is 16.8. The van der Waals surface area contributed by atoms with E-state index in [0.717, 1.165) is 6.42 Å². The van der Waals surface area contributed by atoms with E-state index in [1.54, 1.807) is 25.1 Å². The number of para-hydroxylation sites is 1. The first kappa shape index (κ1) is 16.9. The van der Waals surface area contributed by atoms with Crippen molar-refractivity contribution in [1.29, 1.82) is 0 Å². The molecule has 0 unspecified atom stereocenters. The van der Waals surface area contributed by atoms with Crippen LogP contribution in [0.1, 0.15) is 36.6 Å². The zero-order valence-electron chi connectivity index (χ0n) is 13.6. The first-order valence-corrected chi connectivity index (χ1v) is 7.61. The first-order chi connectivity index (χ1) is 11.0. The minimum Gasteiger partial charge on any atom is -0.351 e. The summed E-state index contributed by atoms with van der Waals surface area (Å²) in [6, 6.07) is 7.81. The number of benzene rings is 1. The molecule has 122 valence electrons. The number of nitrogens with zero attached hydrogens (tertiary/aromatic N) is 2. The van der Waals surface area contributed by atoms with Crippen LogP contribution in [0.15, 0.2) is 30.3 Å². The van der Waals surface area contributed by atoms with Crippen LogP contribution in [0.2, 0.25) is 0 Å². The summed E-state index contributed by atoms with van der Waals surface area (Å²) in [7, 11) is 0. The lowest BCUT2D eigenvalue weighted by atomic mass is 10.1. The Morgan fingerprint density at radius 3 is 2.70 bits per heavy atom. The van der Waals surface area contributed by atoms with E-state index < -0.39 is 0 Å². The van der Waals surface area contributed by atoms with E-state index in [9.17, 15) is 9.18 Å². The van der Waals surface area contributed by atoms with Crippen molar-refractivity contribution in [2.45, 2.75) is 27.2 Å². The number of aromatic nitrogens is 2. The van der Waals surface area contributed by atoms with Crippen LogP contribution in [0.3, 0.4) is 0 Å². The second-order valence-corrected chi connectivity index (χ2v) is 5.73. The molecule has 1 aromatic heterocycles. The predicted molar refractivity (Wildman–Crippen MR) is 88.2 cm³/mol. The zero-order valence-corrected chi connectivity index (χ0v) is 13.6. The Labute approximate surface area is 135 Å². The molecule has 23 heavy (non-hydrogen) atoms. The predicted octanol–water partition coefficient (Wildman–Crippen LogP) is 3.44. The van der Waals surface area contributed by atoms with Crippen LogP contribution in [0, 0.1) is 18.7 Å². The molecular formula is C17H21FN4O. The van der Waals surface area contributed by atoms with E-state index in [4.69, 9.17) is 0 Å². The molecule has 0 saturated carbocycles. The van der Waals surface area contributed by atoms with Crippen molar-refractivity contribution in [3.63, 3.8) is 0 Å². The number of anilines is 2. The van der Waals surface area contributed by atoms with Crippen molar-refractivity contribution < 1.29 is 9.18 Å². The molecule has 0 aliphatic carbocycles. The molecule has 0 bridgehead atoms. The maximum atomic E-state index is 13.7. The molecule has 1 amide bonds. The molecule has 0 aliphatic rings. The lowest BCUT2D eigenvalue weighted by Gasteiger charge is -2.10. The molecule has 0 atom stereocenters. The fourth-order valence-electron chi connectivity index (χ4n) is 2.01. The van der Waals surface area contributed by atoms with E-state index in [2.05, 4.69) is 34.4 Å². The molecule has 0 fully saturated rings. The summed E-state index contributed by atoms with van der Waals surface area (Å²) in [6.45, 7) is 6.47. The lowest BCUT2D eigenvalue weighted by Crippen LogP contribution is -2.26. The minimum absolute atomic E-state index is 0.257. The van der Waals surface area contributed by atoms with Crippen molar-refractivity contribution in [1.82, 2.24) is 15.3 Å². The van der Waals surface area contributed by atoms with Gasteiger partial charge < -0.3 is 10.6 Å². The standard InChI is InChI=1S/C17H21FN4O/c1-11(2)8-9-19-17(23)15-10-16(21-12(3)20-15)22-14-7-5-4-6-13(14)18/h4-7,10-11H,8-9H2,1-3H3,(H,19,23)(H,20,21,22). The summed E-state index contributed by atoms with van der Waals surface area (Å²) in [6.07, 6.45) is 0.899. The number of carbonyl (C=O) groups is 1. The quantitative estimate of drug-likeness (QED) is 0.856. The first-order valence-electron chi connectivity index (χ1n) is 7.61. The fourth-order valence-corrected chi connectivity index (χ4v) is 2.01. The van der Waals surface area contributed by atoms with Gasteiger partial charge >= 0.3 is 0 Å². The van der Waals surface area contributed by atoms with Gasteiger partial charge in [0.25, 0.3) is 5.91 Å². The molecule has 6 heteroatoms. The van der Waals surface area contributed by atoms with Gasteiger partial charge in [0, 0.05) is 12.6 Å². The Bertz CT molecular complexity index is 688. The average Bonchev–Trinajstić information content (AvgIpc) is 2.48. The smallest absolute Gasteiger partial charge is 0.270 e. The van der Waals surface area contributed by atoms with Gasteiger partial charge in [-0.15, -0.1) is 0 Å². The summed E-state index contributed by atoms with van der Waals surface area (Å²) in [5.41, 5.74) is 0.567. The van der Waals surface area contributed by atoms with Crippen molar-refractivity contribution >= 4 is 17.4 Å². The third-order valence-corrected chi connectivity index (χ3v) is 3.21. The summed E-state index contributed by atoms with van der Waals surface area (Å²) in [5.74, 6) is 0.706. The van der Waals surface area contributed by atoms with Gasteiger partial charge in [0.2, 0.25) is 0 Å². The number of hydrogen-bond acceptors (Lipinski definition) is 4. The number of hydrogen-bond donors (Lipinski definition) is 2. The highest BCUT2D eigenvalue weighted by molar-refractivity contribution is 5.93. The number of carbonyl (C=O) groups excluding carboxylic acids is 1. The van der Waals surface area contributed by atoms with E-state index in [-0.39, 0.29) is 17.4 Å². The number of aryl methyl sites for hydroxylation is 1. The van der Waals surface area contributed by atoms with Crippen LogP contribution in [0.4, 0.5) is 15.9 Å². The Morgan fingerprint density at radius 1 is 1.26 bits per heavy atom. The van der Waals surface area contributed by atoms with Crippen LogP contribution >= 0.6 is 0 Å². The maximum Gasteiger partial charge on any atom is 0.270 e. The highest BCUT2D eigenvalue weighted by atomic mass is 19.1. The van der Waals surface area contributed by atoms with Crippen LogP contribution in [-0.2, 0) is 0 Å². The maximum absolute atomic E-state index is 13.7. The van der Waals surface area contributed by atoms with Gasteiger partial charge in [-0.05, 0) is 31.4 Å². The van der Waals surface area contributed by atoms with Crippen LogP contribution in [-0.4, -0.2) is 22.4 Å². The van der Waals surface area contributed by atoms with E-state index in [1.807, 2.05) is 0 Å². The highest BCUT2D eigenvalue weighted by Gasteiger charge is 2.11. The van der Waals surface area contributed by atoms with E-state index >= 15 is 0 Å². The molecule has 0 aliphatic heterocycles. The molecule has 0 radical (unpaired) electrons. The molecule has 2 N–H and O–H groups in total. The number of nitrogens with one attached hydrogen (secondary N) is 2. The second kappa shape index (κ2) is 7.67. The summed E-state index contributed by atoms with van der Waals surface area (Å²) in [4.78, 5) is 20.5. The van der Waals surface area contributed by atoms with Gasteiger partial charge in [0.15, 0.2) is 0 Å². The Hall–Kier alpha value is -2.50. The van der Waals surface area contributed by atoms with E-state index in [1.165, 1.54) is 12.1 Å². The third kappa shape index (κ3) is 5.02. The highest BCUT2D eigenvalue weighted by Crippen LogP contribution is 2.18. The number of halogens is 1. The molecular weight excluding hydrogens is 295 g/mol. The largest absolute Gasteiger partial charge is 0.351 e. The topological polar surface area (TPSA) is 66.9 Å². The van der Waals surface area contributed by atoms with Crippen molar-refractivity contribution in [3.8, 4) is 0 Å². The number of rotatable bonds is 6. The molecule has 0 spiro atoms. The molecule has 2 rings (SSSR count). The molecule has 0 saturated heterocycles. The van der Waals surface area contributed by atoms with Crippen molar-refractivity contribution in [3.05, 3.63) is 47.7 Å². The third-order valence-electron chi connectivity index (χ3n) is 3.21. The van der Waals surface area contributed by atoms with Crippen molar-refractivity contribution in [2.75, 3.05) is 11.9 Å². The van der Waals surface area contributed by atoms with Crippen LogP contribution in [0.25, 0.3) is 0 Å². The summed E-state index contributed by atoms with van der Waals surface area (Å²) >= 11 is 0. The average molecular weight is 316 g/mol. The van der Waals surface area contributed by atoms with Gasteiger partial charge in [-0.1, -0.05) is 26.0 Å². The van der Waals surface area contributed by atoms with Gasteiger partial charge in [-0.25, -0.2) is 14.4 Å². The monoisotopic (exact) mass is 316 g/mol. The number of amides is 1. The van der Waals surface area contributed by atoms with Crippen LogP contribution < -0.4 is 10.6 Å². The molecule has 5 nitrogen and oxygen atoms in total. The van der Waals surface area contributed by atoms with Gasteiger partial charge in [-0.2, -0.15) is 0 Å².